The number of nitrogens with one attached hydrogen (secondary N) is 1. The summed E-state index contributed by atoms with van der Waals surface area (Å²) in [7, 11) is -2.16. The third kappa shape index (κ3) is 4.25. The Morgan fingerprint density at radius 3 is 2.62 bits per heavy atom. The molecule has 0 saturated carbocycles. The summed E-state index contributed by atoms with van der Waals surface area (Å²) in [4.78, 5) is 13.7. The highest BCUT2D eigenvalue weighted by Gasteiger charge is 2.34. The van der Waals surface area contributed by atoms with Crippen LogP contribution in [0.1, 0.15) is 42.5 Å². The Morgan fingerprint density at radius 2 is 1.91 bits per heavy atom. The molecule has 1 N–H and O–H groups in total. The second-order valence-electron chi connectivity index (χ2n) is 7.57. The van der Waals surface area contributed by atoms with Gasteiger partial charge in [0.1, 0.15) is 4.90 Å². The number of hydrogen-bond donors (Lipinski definition) is 1. The SMILES string of the molecule is CCCCOc1ccc(C2CC(=O)Nc3c(S(=O)(=O)c4ccccc4)csc32)cc1OC. The number of carbonyl (C=O) groups excluding carboxylic acids is 1. The second-order valence-corrected chi connectivity index (χ2v) is 10.4. The third-order valence-electron chi connectivity index (χ3n) is 5.44. The molecule has 6 nitrogen and oxygen atoms in total. The van der Waals surface area contributed by atoms with Gasteiger partial charge in [-0.15, -0.1) is 11.3 Å². The Bertz CT molecular complexity index is 1220. The molecule has 0 radical (unpaired) electrons. The molecule has 32 heavy (non-hydrogen) atoms. The molecule has 1 aromatic heterocycles. The zero-order chi connectivity index (χ0) is 22.7. The van der Waals surface area contributed by atoms with E-state index < -0.39 is 9.84 Å². The average molecular weight is 472 g/mol. The van der Waals surface area contributed by atoms with Crippen molar-refractivity contribution in [3.8, 4) is 11.5 Å². The van der Waals surface area contributed by atoms with Gasteiger partial charge in [0.15, 0.2) is 11.5 Å². The number of thiophene rings is 1. The lowest BCUT2D eigenvalue weighted by Gasteiger charge is -2.24. The fourth-order valence-corrected chi connectivity index (χ4v) is 6.67. The quantitative estimate of drug-likeness (QED) is 0.454. The van der Waals surface area contributed by atoms with E-state index in [1.165, 1.54) is 11.3 Å². The Labute approximate surface area is 192 Å². The van der Waals surface area contributed by atoms with Crippen LogP contribution in [0.15, 0.2) is 63.7 Å². The van der Waals surface area contributed by atoms with Crippen LogP contribution >= 0.6 is 11.3 Å². The van der Waals surface area contributed by atoms with Crippen molar-refractivity contribution >= 4 is 32.8 Å². The van der Waals surface area contributed by atoms with Crippen LogP contribution in [0.25, 0.3) is 0 Å². The molecule has 0 aliphatic carbocycles. The smallest absolute Gasteiger partial charge is 0.225 e. The fourth-order valence-electron chi connectivity index (χ4n) is 3.74. The lowest BCUT2D eigenvalue weighted by atomic mass is 9.90. The number of sulfone groups is 1. The van der Waals surface area contributed by atoms with Crippen LogP contribution in [-0.4, -0.2) is 28.0 Å². The highest BCUT2D eigenvalue weighted by Crippen LogP contribution is 2.47. The van der Waals surface area contributed by atoms with Gasteiger partial charge in [-0.05, 0) is 36.2 Å². The summed E-state index contributed by atoms with van der Waals surface area (Å²) in [5.41, 5.74) is 1.26. The number of methoxy groups -OCH3 is 1. The first kappa shape index (κ1) is 22.4. The first-order valence-electron chi connectivity index (χ1n) is 10.5. The van der Waals surface area contributed by atoms with Crippen molar-refractivity contribution in [2.75, 3.05) is 19.0 Å². The Balaban J connectivity index is 1.72. The molecule has 0 spiro atoms. The van der Waals surface area contributed by atoms with Crippen LogP contribution in [0.3, 0.4) is 0 Å². The number of unbranched alkanes of at least 4 members (excludes halogenated alkanes) is 1. The monoisotopic (exact) mass is 471 g/mol. The molecule has 1 atom stereocenters. The van der Waals surface area contributed by atoms with Gasteiger partial charge in [0.2, 0.25) is 15.7 Å². The summed E-state index contributed by atoms with van der Waals surface area (Å²) >= 11 is 1.35. The molecule has 1 aliphatic heterocycles. The molecule has 168 valence electrons. The number of anilines is 1. The standard InChI is InChI=1S/C24H25NO5S2/c1-3-4-12-30-19-11-10-16(13-20(19)29-2)18-14-22(26)25-23-21(15-31-24(18)23)32(27,28)17-8-6-5-7-9-17/h5-11,13,15,18H,3-4,12,14H2,1-2H3,(H,25,26). The minimum absolute atomic E-state index is 0.133. The van der Waals surface area contributed by atoms with Gasteiger partial charge in [0, 0.05) is 22.6 Å². The number of fused-ring (bicyclic) bond motifs is 1. The number of carbonyl (C=O) groups is 1. The normalized spacial score (nSPS) is 15.7. The van der Waals surface area contributed by atoms with Crippen molar-refractivity contribution in [1.29, 1.82) is 0 Å². The van der Waals surface area contributed by atoms with Crippen LogP contribution < -0.4 is 14.8 Å². The van der Waals surface area contributed by atoms with E-state index in [0.717, 1.165) is 23.3 Å². The van der Waals surface area contributed by atoms with Gasteiger partial charge in [0.05, 0.1) is 24.3 Å². The molecule has 2 aromatic carbocycles. The number of ether oxygens (including phenoxy) is 2. The Morgan fingerprint density at radius 1 is 1.12 bits per heavy atom. The van der Waals surface area contributed by atoms with Crippen molar-refractivity contribution in [3.63, 3.8) is 0 Å². The Kier molecular flexibility index (Phi) is 6.53. The van der Waals surface area contributed by atoms with E-state index in [4.69, 9.17) is 9.47 Å². The lowest BCUT2D eigenvalue weighted by Crippen LogP contribution is -2.23. The van der Waals surface area contributed by atoms with Crippen LogP contribution in [0.4, 0.5) is 5.69 Å². The fraction of sp³-hybridized carbons (Fsp3) is 0.292. The molecule has 1 unspecified atom stereocenters. The largest absolute Gasteiger partial charge is 0.493 e. The molecular formula is C24H25NO5S2. The minimum Gasteiger partial charge on any atom is -0.493 e. The van der Waals surface area contributed by atoms with Gasteiger partial charge in [-0.2, -0.15) is 0 Å². The first-order valence-corrected chi connectivity index (χ1v) is 12.8. The van der Waals surface area contributed by atoms with Gasteiger partial charge >= 0.3 is 0 Å². The zero-order valence-electron chi connectivity index (χ0n) is 18.0. The predicted octanol–water partition coefficient (Wildman–Crippen LogP) is 5.24. The van der Waals surface area contributed by atoms with Gasteiger partial charge in [-0.1, -0.05) is 37.6 Å². The summed E-state index contributed by atoms with van der Waals surface area (Å²) in [6, 6.07) is 13.9. The van der Waals surface area contributed by atoms with E-state index >= 15 is 0 Å². The molecule has 1 aliphatic rings. The lowest BCUT2D eigenvalue weighted by molar-refractivity contribution is -0.116. The van der Waals surface area contributed by atoms with Crippen LogP contribution in [-0.2, 0) is 14.6 Å². The average Bonchev–Trinajstić information content (AvgIpc) is 3.24. The highest BCUT2D eigenvalue weighted by molar-refractivity contribution is 7.91. The van der Waals surface area contributed by atoms with Gasteiger partial charge in [-0.25, -0.2) is 8.42 Å². The number of benzene rings is 2. The van der Waals surface area contributed by atoms with Crippen LogP contribution in [0.2, 0.25) is 0 Å². The summed E-state index contributed by atoms with van der Waals surface area (Å²) in [5, 5.41) is 4.41. The van der Waals surface area contributed by atoms with Crippen LogP contribution in [0.5, 0.6) is 11.5 Å². The maximum absolute atomic E-state index is 13.2. The maximum atomic E-state index is 13.2. The molecular weight excluding hydrogens is 446 g/mol. The van der Waals surface area contributed by atoms with E-state index in [1.54, 1.807) is 42.8 Å². The highest BCUT2D eigenvalue weighted by atomic mass is 32.2. The summed E-state index contributed by atoms with van der Waals surface area (Å²) in [6.45, 7) is 2.70. The number of rotatable bonds is 8. The Hall–Kier alpha value is -2.84. The van der Waals surface area contributed by atoms with Crippen molar-refractivity contribution in [2.45, 2.75) is 41.9 Å². The van der Waals surface area contributed by atoms with E-state index in [1.807, 2.05) is 18.2 Å². The molecule has 1 amide bonds. The van der Waals surface area contributed by atoms with Crippen molar-refractivity contribution in [1.82, 2.24) is 0 Å². The number of amides is 1. The van der Waals surface area contributed by atoms with E-state index in [-0.39, 0.29) is 28.0 Å². The summed E-state index contributed by atoms with van der Waals surface area (Å²) < 4.78 is 37.8. The molecule has 0 fully saturated rings. The molecule has 4 rings (SSSR count). The summed E-state index contributed by atoms with van der Waals surface area (Å²) in [5.74, 6) is 0.776. The molecule has 0 saturated heterocycles. The first-order chi connectivity index (χ1) is 15.5. The zero-order valence-corrected chi connectivity index (χ0v) is 19.6. The maximum Gasteiger partial charge on any atom is 0.225 e. The van der Waals surface area contributed by atoms with Gasteiger partial charge in [0.25, 0.3) is 0 Å². The van der Waals surface area contributed by atoms with E-state index in [9.17, 15) is 13.2 Å². The van der Waals surface area contributed by atoms with Crippen molar-refractivity contribution in [3.05, 3.63) is 64.4 Å². The number of hydrogen-bond acceptors (Lipinski definition) is 6. The summed E-state index contributed by atoms with van der Waals surface area (Å²) in [6.07, 6.45) is 2.22. The molecule has 0 bridgehead atoms. The van der Waals surface area contributed by atoms with E-state index in [2.05, 4.69) is 12.2 Å². The van der Waals surface area contributed by atoms with Gasteiger partial charge < -0.3 is 14.8 Å². The van der Waals surface area contributed by atoms with Crippen molar-refractivity contribution in [2.24, 2.45) is 0 Å². The molecule has 2 heterocycles. The predicted molar refractivity (Wildman–Crippen MR) is 125 cm³/mol. The minimum atomic E-state index is -3.75. The molecule has 8 heteroatoms. The molecule has 3 aromatic rings. The van der Waals surface area contributed by atoms with Crippen molar-refractivity contribution < 1.29 is 22.7 Å². The van der Waals surface area contributed by atoms with E-state index in [0.29, 0.717) is 23.8 Å². The topological polar surface area (TPSA) is 81.7 Å². The second kappa shape index (κ2) is 9.34. The van der Waals surface area contributed by atoms with Gasteiger partial charge in [-0.3, -0.25) is 4.79 Å². The van der Waals surface area contributed by atoms with Crippen LogP contribution in [0, 0.1) is 0 Å². The third-order valence-corrected chi connectivity index (χ3v) is 8.48.